The first-order chi connectivity index (χ1) is 6.77. The van der Waals surface area contributed by atoms with Gasteiger partial charge in [-0.2, -0.15) is 0 Å². The molecule has 1 N–H and O–H groups in total. The lowest BCUT2D eigenvalue weighted by molar-refractivity contribution is 0.0443. The zero-order valence-electron chi connectivity index (χ0n) is 8.75. The Hall–Kier alpha value is -0.380. The normalized spacial score (nSPS) is 21.2. The van der Waals surface area contributed by atoms with E-state index in [1.807, 2.05) is 11.3 Å². The van der Waals surface area contributed by atoms with E-state index in [0.717, 1.165) is 19.6 Å². The van der Waals surface area contributed by atoms with Gasteiger partial charge in [0.25, 0.3) is 0 Å². The molecule has 0 bridgehead atoms. The second-order valence-corrected chi connectivity index (χ2v) is 4.93. The summed E-state index contributed by atoms with van der Waals surface area (Å²) in [7, 11) is 0. The number of hydrogen-bond donors (Lipinski definition) is 1. The van der Waals surface area contributed by atoms with E-state index >= 15 is 0 Å². The predicted molar refractivity (Wildman–Crippen MR) is 59.9 cm³/mol. The lowest BCUT2D eigenvalue weighted by atomic mass is 10.1. The van der Waals surface area contributed by atoms with Crippen LogP contribution in [0, 0.1) is 0 Å². The summed E-state index contributed by atoms with van der Waals surface area (Å²) in [5.41, 5.74) is 1.48. The van der Waals surface area contributed by atoms with Crippen LogP contribution in [0.25, 0.3) is 0 Å². The van der Waals surface area contributed by atoms with Gasteiger partial charge >= 0.3 is 0 Å². The zero-order chi connectivity index (χ0) is 9.97. The Morgan fingerprint density at radius 3 is 3.29 bits per heavy atom. The largest absolute Gasteiger partial charge is 0.371 e. The van der Waals surface area contributed by atoms with Gasteiger partial charge in [-0.3, -0.25) is 0 Å². The van der Waals surface area contributed by atoms with Crippen LogP contribution in [0.1, 0.15) is 30.4 Å². The van der Waals surface area contributed by atoms with Crippen LogP contribution in [0.4, 0.5) is 0 Å². The molecule has 1 aromatic heterocycles. The van der Waals surface area contributed by atoms with Gasteiger partial charge in [0.15, 0.2) is 0 Å². The molecular formula is C11H17NOS. The minimum atomic E-state index is 0.279. The van der Waals surface area contributed by atoms with Gasteiger partial charge in [0.05, 0.1) is 6.61 Å². The van der Waals surface area contributed by atoms with E-state index in [4.69, 9.17) is 4.74 Å². The van der Waals surface area contributed by atoms with Crippen molar-refractivity contribution in [1.29, 1.82) is 0 Å². The van der Waals surface area contributed by atoms with E-state index in [-0.39, 0.29) is 6.10 Å². The van der Waals surface area contributed by atoms with Crippen LogP contribution in [0.2, 0.25) is 0 Å². The fourth-order valence-electron chi connectivity index (χ4n) is 1.72. The second kappa shape index (κ2) is 4.43. The maximum absolute atomic E-state index is 5.76. The first-order valence-electron chi connectivity index (χ1n) is 5.18. The molecule has 0 aromatic carbocycles. The highest BCUT2D eigenvalue weighted by Crippen LogP contribution is 2.31. The lowest BCUT2D eigenvalue weighted by Gasteiger charge is -2.24. The van der Waals surface area contributed by atoms with Crippen LogP contribution in [-0.2, 0) is 11.2 Å². The van der Waals surface area contributed by atoms with Gasteiger partial charge in [-0.25, -0.2) is 0 Å². The number of ether oxygens (including phenoxy) is 1. The van der Waals surface area contributed by atoms with Crippen molar-refractivity contribution in [2.45, 2.75) is 32.4 Å². The van der Waals surface area contributed by atoms with Gasteiger partial charge in [-0.1, -0.05) is 13.8 Å². The van der Waals surface area contributed by atoms with Crippen molar-refractivity contribution in [3.05, 3.63) is 21.9 Å². The number of nitrogens with one attached hydrogen (secondary N) is 1. The smallest absolute Gasteiger partial charge is 0.104 e. The van der Waals surface area contributed by atoms with Crippen molar-refractivity contribution in [1.82, 2.24) is 5.32 Å². The highest BCUT2D eigenvalue weighted by Gasteiger charge is 2.21. The number of hydrogen-bond acceptors (Lipinski definition) is 3. The molecule has 0 radical (unpaired) electrons. The Labute approximate surface area is 89.3 Å². The fourth-order valence-corrected chi connectivity index (χ4v) is 2.72. The van der Waals surface area contributed by atoms with Crippen LogP contribution in [0.5, 0.6) is 0 Å². The van der Waals surface area contributed by atoms with Crippen molar-refractivity contribution in [3.63, 3.8) is 0 Å². The Morgan fingerprint density at radius 2 is 2.50 bits per heavy atom. The summed E-state index contributed by atoms with van der Waals surface area (Å²) in [6.45, 7) is 6.13. The molecule has 2 heterocycles. The monoisotopic (exact) mass is 211 g/mol. The predicted octanol–water partition coefficient (Wildman–Crippen LogP) is 2.36. The van der Waals surface area contributed by atoms with Crippen LogP contribution in [0.3, 0.4) is 0 Å². The Morgan fingerprint density at radius 1 is 1.64 bits per heavy atom. The molecule has 1 atom stereocenters. The molecule has 0 aliphatic carbocycles. The van der Waals surface area contributed by atoms with Crippen molar-refractivity contribution in [3.8, 4) is 0 Å². The van der Waals surface area contributed by atoms with Gasteiger partial charge in [0, 0.05) is 17.5 Å². The highest BCUT2D eigenvalue weighted by molar-refractivity contribution is 7.10. The van der Waals surface area contributed by atoms with Crippen molar-refractivity contribution in [2.75, 3.05) is 13.2 Å². The average Bonchev–Trinajstić information content (AvgIpc) is 2.62. The average molecular weight is 211 g/mol. The third-order valence-electron chi connectivity index (χ3n) is 2.48. The van der Waals surface area contributed by atoms with Crippen molar-refractivity contribution >= 4 is 11.3 Å². The van der Waals surface area contributed by atoms with Gasteiger partial charge in [0.2, 0.25) is 0 Å². The zero-order valence-corrected chi connectivity index (χ0v) is 9.56. The molecule has 14 heavy (non-hydrogen) atoms. The van der Waals surface area contributed by atoms with E-state index in [0.29, 0.717) is 6.04 Å². The molecule has 78 valence electrons. The van der Waals surface area contributed by atoms with Crippen LogP contribution in [0.15, 0.2) is 11.4 Å². The van der Waals surface area contributed by atoms with E-state index in [1.165, 1.54) is 10.4 Å². The van der Waals surface area contributed by atoms with E-state index in [2.05, 4.69) is 30.6 Å². The third-order valence-corrected chi connectivity index (χ3v) is 3.53. The molecule has 1 aliphatic heterocycles. The molecule has 1 aromatic rings. The summed E-state index contributed by atoms with van der Waals surface area (Å²) in [6.07, 6.45) is 1.36. The molecule has 1 unspecified atom stereocenters. The standard InChI is InChI=1S/C11H17NOS/c1-8(2)12-7-10-11-9(3-5-13-10)4-6-14-11/h4,6,8,10,12H,3,5,7H2,1-2H3. The number of rotatable bonds is 3. The summed E-state index contributed by atoms with van der Waals surface area (Å²) < 4.78 is 5.76. The number of fused-ring (bicyclic) bond motifs is 1. The van der Waals surface area contributed by atoms with Gasteiger partial charge in [-0.15, -0.1) is 11.3 Å². The van der Waals surface area contributed by atoms with Crippen LogP contribution >= 0.6 is 11.3 Å². The van der Waals surface area contributed by atoms with E-state index < -0.39 is 0 Å². The first kappa shape index (κ1) is 10.1. The minimum Gasteiger partial charge on any atom is -0.371 e. The maximum Gasteiger partial charge on any atom is 0.104 e. The highest BCUT2D eigenvalue weighted by atomic mass is 32.1. The van der Waals surface area contributed by atoms with Gasteiger partial charge < -0.3 is 10.1 Å². The molecule has 0 fully saturated rings. The summed E-state index contributed by atoms with van der Waals surface area (Å²) in [4.78, 5) is 1.42. The third kappa shape index (κ3) is 2.16. The quantitative estimate of drug-likeness (QED) is 0.828. The topological polar surface area (TPSA) is 21.3 Å². The fraction of sp³-hybridized carbons (Fsp3) is 0.636. The SMILES string of the molecule is CC(C)NCC1OCCc2ccsc21. The molecule has 0 saturated carbocycles. The summed E-state index contributed by atoms with van der Waals surface area (Å²) >= 11 is 1.82. The molecule has 3 heteroatoms. The molecule has 2 rings (SSSR count). The summed E-state index contributed by atoms with van der Waals surface area (Å²) in [5, 5.41) is 5.60. The Bertz CT molecular complexity index is 295. The van der Waals surface area contributed by atoms with Crippen molar-refractivity contribution < 1.29 is 4.74 Å². The minimum absolute atomic E-state index is 0.279. The Balaban J connectivity index is 2.01. The molecule has 1 aliphatic rings. The maximum atomic E-state index is 5.76. The van der Waals surface area contributed by atoms with Crippen molar-refractivity contribution in [2.24, 2.45) is 0 Å². The van der Waals surface area contributed by atoms with E-state index in [9.17, 15) is 0 Å². The van der Waals surface area contributed by atoms with Gasteiger partial charge in [0.1, 0.15) is 6.10 Å². The van der Waals surface area contributed by atoms with Crippen LogP contribution < -0.4 is 5.32 Å². The van der Waals surface area contributed by atoms with E-state index in [1.54, 1.807) is 0 Å². The lowest BCUT2D eigenvalue weighted by Crippen LogP contribution is -2.30. The number of thiophene rings is 1. The molecule has 0 saturated heterocycles. The second-order valence-electron chi connectivity index (χ2n) is 3.98. The summed E-state index contributed by atoms with van der Waals surface area (Å²) in [6, 6.07) is 2.76. The molecule has 0 amide bonds. The molecule has 0 spiro atoms. The molecule has 2 nitrogen and oxygen atoms in total. The van der Waals surface area contributed by atoms with Crippen LogP contribution in [-0.4, -0.2) is 19.2 Å². The first-order valence-corrected chi connectivity index (χ1v) is 6.06. The van der Waals surface area contributed by atoms with Gasteiger partial charge in [-0.05, 0) is 23.4 Å². The molecular weight excluding hydrogens is 194 g/mol. The summed E-state index contributed by atoms with van der Waals surface area (Å²) in [5.74, 6) is 0. The Kier molecular flexibility index (Phi) is 3.21.